The number of benzene rings is 2. The molecule has 0 aliphatic heterocycles. The summed E-state index contributed by atoms with van der Waals surface area (Å²) < 4.78 is -0.197. The average Bonchev–Trinajstić information content (AvgIpc) is 2.58. The van der Waals surface area contributed by atoms with Crippen molar-refractivity contribution in [2.45, 2.75) is 132 Å². The van der Waals surface area contributed by atoms with E-state index >= 15 is 0 Å². The van der Waals surface area contributed by atoms with Crippen molar-refractivity contribution in [1.29, 1.82) is 0 Å². The molecule has 196 valence electrons. The van der Waals surface area contributed by atoms with E-state index in [0.717, 1.165) is 32.0 Å². The van der Waals surface area contributed by atoms with Crippen molar-refractivity contribution in [3.05, 3.63) is 46.5 Å². The van der Waals surface area contributed by atoms with E-state index in [1.807, 2.05) is 11.8 Å². The zero-order chi connectivity index (χ0) is 27.4. The molecule has 2 aromatic rings. The van der Waals surface area contributed by atoms with E-state index in [2.05, 4.69) is 121 Å². The lowest BCUT2D eigenvalue weighted by Gasteiger charge is -2.33. The van der Waals surface area contributed by atoms with Crippen LogP contribution in [-0.2, 0) is 21.7 Å². The molecule has 2 rings (SSSR count). The molecule has 0 radical (unpaired) electrons. The van der Waals surface area contributed by atoms with Crippen LogP contribution in [0.5, 0.6) is 11.5 Å². The zero-order valence-corrected chi connectivity index (χ0v) is 26.2. The van der Waals surface area contributed by atoms with E-state index in [4.69, 9.17) is 0 Å². The molecule has 0 saturated heterocycles. The maximum absolute atomic E-state index is 11.4. The molecular weight excluding hydrogens is 468 g/mol. The van der Waals surface area contributed by atoms with E-state index in [-0.39, 0.29) is 25.7 Å². The third-order valence-corrected chi connectivity index (χ3v) is 8.63. The first-order chi connectivity index (χ1) is 15.4. The van der Waals surface area contributed by atoms with E-state index in [1.165, 1.54) is 0 Å². The van der Waals surface area contributed by atoms with Gasteiger partial charge in [-0.25, -0.2) is 0 Å². The Balaban J connectivity index is 2.58. The molecule has 35 heavy (non-hydrogen) atoms. The van der Waals surface area contributed by atoms with Crippen LogP contribution in [0.3, 0.4) is 0 Å². The van der Waals surface area contributed by atoms with Crippen LogP contribution in [0.15, 0.2) is 34.1 Å². The van der Waals surface area contributed by atoms with Gasteiger partial charge in [0, 0.05) is 26.5 Å². The lowest BCUT2D eigenvalue weighted by atomic mass is 9.79. The van der Waals surface area contributed by atoms with Gasteiger partial charge >= 0.3 is 0 Å². The van der Waals surface area contributed by atoms with Crippen molar-refractivity contribution < 1.29 is 10.2 Å². The average molecular weight is 517 g/mol. The molecule has 0 unspecified atom stereocenters. The quantitative estimate of drug-likeness (QED) is 0.313. The molecule has 2 N–H and O–H groups in total. The highest BCUT2D eigenvalue weighted by Crippen LogP contribution is 2.52. The van der Waals surface area contributed by atoms with Crippen LogP contribution in [0.25, 0.3) is 0 Å². The first-order valence-corrected chi connectivity index (χ1v) is 14.2. The minimum atomic E-state index is -0.197. The SMILES string of the molecule is CC(C)(Sc1cc(C(C)(C)C)c(O)c(C(C)(C)C)c1)Sc1ccc(C(C)(C)C)c(O)c1C(C)(C)C. The molecule has 0 aromatic heterocycles. The fourth-order valence-corrected chi connectivity index (χ4v) is 7.18. The van der Waals surface area contributed by atoms with Crippen molar-refractivity contribution in [3.8, 4) is 11.5 Å². The minimum Gasteiger partial charge on any atom is -0.507 e. The Labute approximate surface area is 223 Å². The molecule has 0 spiro atoms. The van der Waals surface area contributed by atoms with Crippen LogP contribution < -0.4 is 0 Å². The van der Waals surface area contributed by atoms with Gasteiger partial charge in [0.15, 0.2) is 0 Å². The lowest BCUT2D eigenvalue weighted by molar-refractivity contribution is 0.418. The number of phenols is 2. The number of hydrogen-bond donors (Lipinski definition) is 2. The third kappa shape index (κ3) is 7.16. The Bertz CT molecular complexity index is 1030. The van der Waals surface area contributed by atoms with Crippen molar-refractivity contribution in [2.75, 3.05) is 0 Å². The van der Waals surface area contributed by atoms with Gasteiger partial charge in [0.2, 0.25) is 0 Å². The predicted molar refractivity (Wildman–Crippen MR) is 157 cm³/mol. The van der Waals surface area contributed by atoms with Crippen LogP contribution in [0.2, 0.25) is 0 Å². The fraction of sp³-hybridized carbons (Fsp3) is 0.613. The van der Waals surface area contributed by atoms with Crippen molar-refractivity contribution >= 4 is 23.5 Å². The summed E-state index contributed by atoms with van der Waals surface area (Å²) in [5, 5.41) is 22.5. The Morgan fingerprint density at radius 1 is 0.514 bits per heavy atom. The summed E-state index contributed by atoms with van der Waals surface area (Å²) in [6.07, 6.45) is 0. The first-order valence-electron chi connectivity index (χ1n) is 12.6. The van der Waals surface area contributed by atoms with Crippen molar-refractivity contribution in [2.24, 2.45) is 0 Å². The van der Waals surface area contributed by atoms with Gasteiger partial charge < -0.3 is 10.2 Å². The van der Waals surface area contributed by atoms with Gasteiger partial charge in [-0.3, -0.25) is 0 Å². The molecule has 0 aliphatic rings. The van der Waals surface area contributed by atoms with Gasteiger partial charge in [-0.1, -0.05) is 89.2 Å². The summed E-state index contributed by atoms with van der Waals surface area (Å²) in [6, 6.07) is 8.58. The van der Waals surface area contributed by atoms with Crippen molar-refractivity contribution in [1.82, 2.24) is 0 Å². The second kappa shape index (κ2) is 9.56. The number of thioether (sulfide) groups is 2. The van der Waals surface area contributed by atoms with Crippen LogP contribution >= 0.6 is 23.5 Å². The number of aromatic hydroxyl groups is 2. The monoisotopic (exact) mass is 516 g/mol. The van der Waals surface area contributed by atoms with Gasteiger partial charge in [0.25, 0.3) is 0 Å². The van der Waals surface area contributed by atoms with Crippen LogP contribution in [0.4, 0.5) is 0 Å². The minimum absolute atomic E-state index is 0.129. The van der Waals surface area contributed by atoms with Gasteiger partial charge in [-0.15, -0.1) is 23.5 Å². The summed E-state index contributed by atoms with van der Waals surface area (Å²) >= 11 is 3.61. The normalized spacial score (nSPS) is 13.9. The molecule has 0 saturated carbocycles. The second-order valence-electron chi connectivity index (χ2n) is 14.3. The molecule has 4 heteroatoms. The topological polar surface area (TPSA) is 40.5 Å². The maximum Gasteiger partial charge on any atom is 0.124 e. The van der Waals surface area contributed by atoms with Gasteiger partial charge in [-0.05, 0) is 59.3 Å². The Morgan fingerprint density at radius 2 is 0.943 bits per heavy atom. The van der Waals surface area contributed by atoms with E-state index < -0.39 is 0 Å². The van der Waals surface area contributed by atoms with Gasteiger partial charge in [0.1, 0.15) is 11.5 Å². The highest BCUT2D eigenvalue weighted by Gasteiger charge is 2.33. The van der Waals surface area contributed by atoms with E-state index in [1.54, 1.807) is 11.8 Å². The summed E-state index contributed by atoms with van der Waals surface area (Å²) in [6.45, 7) is 30.3. The number of hydrogen-bond acceptors (Lipinski definition) is 4. The maximum atomic E-state index is 11.4. The lowest BCUT2D eigenvalue weighted by Crippen LogP contribution is -2.20. The first kappa shape index (κ1) is 30.0. The van der Waals surface area contributed by atoms with Crippen molar-refractivity contribution in [3.63, 3.8) is 0 Å². The molecular formula is C31H48O2S2. The molecule has 0 bridgehead atoms. The third-order valence-electron chi connectivity index (χ3n) is 6.12. The van der Waals surface area contributed by atoms with Crippen LogP contribution in [0.1, 0.15) is 119 Å². The molecule has 2 aromatic carbocycles. The van der Waals surface area contributed by atoms with Crippen LogP contribution in [-0.4, -0.2) is 14.3 Å². The molecule has 0 heterocycles. The standard InChI is InChI=1S/C31H48O2S2/c1-27(2,3)20-15-16-23(24(26(20)33)30(10,11)12)35-31(13,14)34-19-17-21(28(4,5)6)25(32)22(18-19)29(7,8)9/h15-18,32-33H,1-14H3. The molecule has 0 amide bonds. The van der Waals surface area contributed by atoms with Gasteiger partial charge in [0.05, 0.1) is 4.08 Å². The smallest absolute Gasteiger partial charge is 0.124 e. The zero-order valence-electron chi connectivity index (χ0n) is 24.5. The predicted octanol–water partition coefficient (Wildman–Crippen LogP) is 9.91. The van der Waals surface area contributed by atoms with Gasteiger partial charge in [-0.2, -0.15) is 0 Å². The fourth-order valence-electron chi connectivity index (χ4n) is 4.37. The highest BCUT2D eigenvalue weighted by atomic mass is 32.2. The Hall–Kier alpha value is -1.26. The van der Waals surface area contributed by atoms with E-state index in [0.29, 0.717) is 11.5 Å². The molecule has 0 fully saturated rings. The molecule has 0 atom stereocenters. The summed E-state index contributed by atoms with van der Waals surface area (Å²) in [4.78, 5) is 2.27. The Kier molecular flexibility index (Phi) is 8.18. The van der Waals surface area contributed by atoms with Crippen LogP contribution in [0, 0.1) is 0 Å². The summed E-state index contributed by atoms with van der Waals surface area (Å²) in [5.74, 6) is 0.836. The Morgan fingerprint density at radius 3 is 1.31 bits per heavy atom. The largest absolute Gasteiger partial charge is 0.507 e. The number of phenolic OH excluding ortho intramolecular Hbond substituents is 2. The number of rotatable bonds is 4. The summed E-state index contributed by atoms with van der Waals surface area (Å²) in [7, 11) is 0. The highest BCUT2D eigenvalue weighted by molar-refractivity contribution is 8.18. The summed E-state index contributed by atoms with van der Waals surface area (Å²) in [5.41, 5.74) is 3.33. The van der Waals surface area contributed by atoms with E-state index in [9.17, 15) is 10.2 Å². The molecule has 0 aliphatic carbocycles. The molecule has 2 nitrogen and oxygen atoms in total. The second-order valence-corrected chi connectivity index (χ2v) is 17.9.